The number of cyclic esters (lactones) is 3. The van der Waals surface area contributed by atoms with Crippen molar-refractivity contribution in [3.05, 3.63) is 37.3 Å². The van der Waals surface area contributed by atoms with E-state index in [0.717, 1.165) is 13.2 Å². The van der Waals surface area contributed by atoms with Crippen LogP contribution in [0.25, 0.3) is 0 Å². The molecule has 0 bridgehead atoms. The molecule has 254 valence electrons. The number of aliphatic carboxylic acids is 3. The quantitative estimate of drug-likeness (QED) is 0.0765. The number of carbonyl (C=O) groups is 8. The van der Waals surface area contributed by atoms with Gasteiger partial charge in [-0.15, -0.1) is 0 Å². The molecule has 0 aromatic rings. The number of hydrogen-bond donors (Lipinski definition) is 1. The van der Waals surface area contributed by atoms with Crippen LogP contribution >= 0.6 is 0 Å². The Morgan fingerprint density at radius 1 is 0.896 bits per heavy atom. The monoisotopic (exact) mass is 712 g/mol. The maximum atomic E-state index is 11.2. The first-order chi connectivity index (χ1) is 20.6. The predicted molar refractivity (Wildman–Crippen MR) is 146 cm³/mol. The van der Waals surface area contributed by atoms with E-state index < -0.39 is 65.6 Å². The summed E-state index contributed by atoms with van der Waals surface area (Å²) < 4.78 is 17.9. The van der Waals surface area contributed by atoms with Crippen molar-refractivity contribution in [2.45, 2.75) is 73.5 Å². The van der Waals surface area contributed by atoms with Crippen molar-refractivity contribution in [1.82, 2.24) is 0 Å². The fourth-order valence-electron chi connectivity index (χ4n) is 3.14. The zero-order valence-corrected chi connectivity index (χ0v) is 35.1. The summed E-state index contributed by atoms with van der Waals surface area (Å²) in [7, 11) is 0. The summed E-state index contributed by atoms with van der Waals surface area (Å²) in [6.45, 7) is 16.1. The van der Waals surface area contributed by atoms with Crippen LogP contribution in [0.2, 0.25) is 0 Å². The molecule has 2 rings (SSSR count). The zero-order valence-electron chi connectivity index (χ0n) is 29.1. The molecule has 48 heavy (non-hydrogen) atoms. The van der Waals surface area contributed by atoms with Gasteiger partial charge in [0.2, 0.25) is 0 Å². The number of carboxylic acids is 3. The smallest absolute Gasteiger partial charge is 0.550 e. The molecule has 6 unspecified atom stereocenters. The van der Waals surface area contributed by atoms with Crippen LogP contribution < -0.4 is 104 Å². The maximum Gasteiger partial charge on any atom is 1.00 e. The van der Waals surface area contributed by atoms with Crippen molar-refractivity contribution in [1.29, 1.82) is 0 Å². The molecule has 1 fully saturated rings. The van der Waals surface area contributed by atoms with Gasteiger partial charge in [0.25, 0.3) is 0 Å². The van der Waals surface area contributed by atoms with Crippen molar-refractivity contribution in [3.63, 3.8) is 0 Å². The van der Waals surface area contributed by atoms with E-state index >= 15 is 0 Å². The van der Waals surface area contributed by atoms with E-state index in [1.54, 1.807) is 13.8 Å². The molecule has 2 aliphatic heterocycles. The second-order valence-electron chi connectivity index (χ2n) is 9.40. The third-order valence-corrected chi connectivity index (χ3v) is 5.19. The molecule has 19 heteroatoms. The van der Waals surface area contributed by atoms with Gasteiger partial charge in [0, 0.05) is 49.7 Å². The van der Waals surface area contributed by atoms with Gasteiger partial charge in [0.05, 0.1) is 30.3 Å². The van der Waals surface area contributed by atoms with Crippen LogP contribution in [0.3, 0.4) is 0 Å². The van der Waals surface area contributed by atoms with Crippen LogP contribution in [-0.4, -0.2) is 65.1 Å². The molecule has 16 nitrogen and oxygen atoms in total. The van der Waals surface area contributed by atoms with Crippen molar-refractivity contribution >= 4 is 47.8 Å². The second-order valence-corrected chi connectivity index (χ2v) is 9.40. The topological polar surface area (TPSA) is 263 Å². The number of hydrogen-bond acceptors (Lipinski definition) is 16. The van der Waals surface area contributed by atoms with Gasteiger partial charge < -0.3 is 53.8 Å². The van der Waals surface area contributed by atoms with Crippen LogP contribution in [-0.2, 0) is 57.3 Å². The molecule has 2 aliphatic rings. The molecule has 0 spiro atoms. The van der Waals surface area contributed by atoms with E-state index in [1.165, 1.54) is 39.8 Å². The molecule has 0 aromatic heterocycles. The molecule has 0 radical (unpaired) electrons. The summed E-state index contributed by atoms with van der Waals surface area (Å²) >= 11 is 0. The molecule has 1 saturated heterocycles. The largest absolute Gasteiger partial charge is 1.00 e. The molecule has 0 saturated carbocycles. The minimum absolute atomic E-state index is 0. The van der Waals surface area contributed by atoms with Crippen LogP contribution in [0.5, 0.6) is 0 Å². The predicted octanol–water partition coefficient (Wildman–Crippen LogP) is -10.8. The molecular weight excluding hydrogens is 673 g/mol. The Morgan fingerprint density at radius 2 is 1.38 bits per heavy atom. The molecule has 0 aliphatic carbocycles. The maximum absolute atomic E-state index is 11.2. The number of esters is 5. The van der Waals surface area contributed by atoms with Gasteiger partial charge in [-0.3, -0.25) is 19.2 Å². The third-order valence-electron chi connectivity index (χ3n) is 5.19. The van der Waals surface area contributed by atoms with Gasteiger partial charge in [-0.05, 0) is 39.7 Å². The van der Waals surface area contributed by atoms with Crippen LogP contribution in [0.1, 0.15) is 61.3 Å². The fourth-order valence-corrected chi connectivity index (χ4v) is 3.14. The minimum Gasteiger partial charge on any atom is -0.550 e. The first-order valence-electron chi connectivity index (χ1n) is 13.1. The summed E-state index contributed by atoms with van der Waals surface area (Å²) in [6, 6.07) is 0. The molecule has 0 amide bonds. The number of carboxylic acid groups (broad SMARTS) is 3. The minimum atomic E-state index is -1.47. The van der Waals surface area contributed by atoms with Crippen molar-refractivity contribution < 1.29 is 166 Å². The van der Waals surface area contributed by atoms with E-state index in [-0.39, 0.29) is 113 Å². The molecule has 2 heterocycles. The van der Waals surface area contributed by atoms with E-state index in [9.17, 15) is 43.8 Å². The molecule has 1 N–H and O–H groups in total. The van der Waals surface area contributed by atoms with Crippen molar-refractivity contribution in [2.75, 3.05) is 0 Å². The first-order valence-corrected chi connectivity index (χ1v) is 13.1. The summed E-state index contributed by atoms with van der Waals surface area (Å²) in [5, 5.41) is 38.6. The summed E-state index contributed by atoms with van der Waals surface area (Å²) in [5.41, 5.74) is 0. The van der Waals surface area contributed by atoms with E-state index in [0.29, 0.717) is 12.2 Å². The standard InChI is InChI=1S/C10H14O5.C8H14O5.C5H4O2.C4H6O2.C2H4O2.3Na/c1-5(14-7(3)11)4-8-6(2)9(12)15-10(8)13;1-4(9)3-6(8(12)13)5(2)7(10)11;1-4-2-3-5(6)7-4;1-3-6-4(2)5;1-2(3)4;;;/h5-6,8H,4H2,1-3H3;4-6,9H,3H2,1-2H3,(H,10,11)(H,12,13);2-3H,1H2;3H,1H2,2H3;1H3,(H,3,4);;;/q;;;;;3*+1/p-3. The Kier molecular flexibility index (Phi) is 39.3. The van der Waals surface area contributed by atoms with Gasteiger partial charge >= 0.3 is 119 Å². The van der Waals surface area contributed by atoms with Gasteiger partial charge in [-0.2, -0.15) is 0 Å². The van der Waals surface area contributed by atoms with Gasteiger partial charge in [0.1, 0.15) is 5.76 Å². The number of ether oxygens (including phenoxy) is 4. The normalized spacial score (nSPS) is 17.2. The summed E-state index contributed by atoms with van der Waals surface area (Å²) in [4.78, 5) is 82.5. The third kappa shape index (κ3) is 32.7. The summed E-state index contributed by atoms with van der Waals surface area (Å²) in [5.74, 6) is -8.96. The van der Waals surface area contributed by atoms with Gasteiger partial charge in [-0.1, -0.05) is 27.0 Å². The Morgan fingerprint density at radius 3 is 1.58 bits per heavy atom. The summed E-state index contributed by atoms with van der Waals surface area (Å²) in [6.07, 6.45) is 2.90. The molecule has 0 aromatic carbocycles. The number of aliphatic hydroxyl groups is 1. The zero-order chi connectivity index (χ0) is 36.0. The Bertz CT molecular complexity index is 1100. The molecule has 6 atom stereocenters. The average Bonchev–Trinajstić information content (AvgIpc) is 3.37. The number of aliphatic hydroxyl groups excluding tert-OH is 1. The van der Waals surface area contributed by atoms with E-state index in [1.807, 2.05) is 0 Å². The van der Waals surface area contributed by atoms with E-state index in [4.69, 9.17) is 19.7 Å². The average molecular weight is 713 g/mol. The van der Waals surface area contributed by atoms with Crippen molar-refractivity contribution in [2.24, 2.45) is 23.7 Å². The number of rotatable bonds is 9. The Hall–Kier alpha value is -1.86. The second kappa shape index (κ2) is 32.4. The Balaban J connectivity index is -0.000000121. The van der Waals surface area contributed by atoms with Crippen LogP contribution in [0.4, 0.5) is 0 Å². The molecular formula is C29H39Na3O16. The Labute approximate surface area is 345 Å². The number of carbonyl (C=O) groups excluding carboxylic acids is 8. The van der Waals surface area contributed by atoms with Crippen LogP contribution in [0, 0.1) is 23.7 Å². The van der Waals surface area contributed by atoms with E-state index in [2.05, 4.69) is 27.4 Å². The number of allylic oxidation sites excluding steroid dienone is 1. The van der Waals surface area contributed by atoms with Gasteiger partial charge in [-0.25, -0.2) is 4.79 Å². The van der Waals surface area contributed by atoms with Crippen molar-refractivity contribution in [3.8, 4) is 0 Å². The fraction of sp³-hybridized carbons (Fsp3) is 0.517. The van der Waals surface area contributed by atoms with Crippen LogP contribution in [0.15, 0.2) is 37.3 Å². The first kappa shape index (κ1) is 58.4. The SMILES string of the molecule is C=C1C=CC(=O)O1.C=COC(C)=O.CC(=O)OC(C)CC1C(=O)OC(=O)C1C.CC(=O)[O-].CC(O)CC(C(=O)[O-])C(C)C(=O)[O-].[Na+].[Na+].[Na+]. The van der Waals surface area contributed by atoms with Gasteiger partial charge in [0.15, 0.2) is 0 Å².